The van der Waals surface area contributed by atoms with Crippen molar-refractivity contribution >= 4 is 11.9 Å². The number of imidazole rings is 1. The average molecular weight is 280 g/mol. The van der Waals surface area contributed by atoms with Crippen molar-refractivity contribution in [3.05, 3.63) is 17.2 Å². The molecular formula is C13H20N4O3. The fourth-order valence-corrected chi connectivity index (χ4v) is 2.61. The molecule has 1 aromatic heterocycles. The maximum absolute atomic E-state index is 11.3. The number of carboxylic acid groups (broad SMARTS) is 1. The lowest BCUT2D eigenvalue weighted by Gasteiger charge is -2.26. The first kappa shape index (κ1) is 14.5. The van der Waals surface area contributed by atoms with Gasteiger partial charge in [-0.15, -0.1) is 0 Å². The van der Waals surface area contributed by atoms with Crippen LogP contribution in [-0.2, 0) is 24.8 Å². The Morgan fingerprint density at radius 3 is 2.80 bits per heavy atom. The van der Waals surface area contributed by atoms with Gasteiger partial charge in [0.15, 0.2) is 5.82 Å². The monoisotopic (exact) mass is 280 g/mol. The van der Waals surface area contributed by atoms with Gasteiger partial charge in [-0.05, 0) is 19.4 Å². The molecule has 0 fully saturated rings. The smallest absolute Gasteiger partial charge is 0.303 e. The van der Waals surface area contributed by atoms with Crippen LogP contribution >= 0.6 is 0 Å². The van der Waals surface area contributed by atoms with Crippen LogP contribution in [0.3, 0.4) is 0 Å². The van der Waals surface area contributed by atoms with E-state index in [1.54, 1.807) is 4.57 Å². The summed E-state index contributed by atoms with van der Waals surface area (Å²) in [6.07, 6.45) is 2.60. The fraction of sp³-hybridized carbons (Fsp3) is 0.615. The number of carbonyl (C=O) groups excluding carboxylic acids is 1. The number of hydrogen-bond acceptors (Lipinski definition) is 4. The quantitative estimate of drug-likeness (QED) is 0.721. The third-order valence-electron chi connectivity index (χ3n) is 3.67. The third-order valence-corrected chi connectivity index (χ3v) is 3.67. The van der Waals surface area contributed by atoms with Crippen molar-refractivity contribution in [2.24, 2.45) is 12.8 Å². The molecule has 1 aliphatic rings. The zero-order valence-corrected chi connectivity index (χ0v) is 11.6. The minimum absolute atomic E-state index is 0.217. The van der Waals surface area contributed by atoms with Crippen LogP contribution in [0.2, 0.25) is 0 Å². The molecule has 1 aromatic rings. The summed E-state index contributed by atoms with van der Waals surface area (Å²) in [5, 5.41) is 8.60. The highest BCUT2D eigenvalue weighted by Crippen LogP contribution is 2.19. The molecule has 0 aromatic carbocycles. The van der Waals surface area contributed by atoms with Gasteiger partial charge in [0, 0.05) is 38.7 Å². The molecule has 0 atom stereocenters. The van der Waals surface area contributed by atoms with Crippen LogP contribution in [0.4, 0.5) is 0 Å². The Balaban J connectivity index is 1.92. The minimum Gasteiger partial charge on any atom is -0.481 e. The van der Waals surface area contributed by atoms with Gasteiger partial charge in [-0.3, -0.25) is 14.5 Å². The molecule has 110 valence electrons. The zero-order chi connectivity index (χ0) is 14.7. The third kappa shape index (κ3) is 3.16. The van der Waals surface area contributed by atoms with Crippen molar-refractivity contribution in [3.63, 3.8) is 0 Å². The van der Waals surface area contributed by atoms with E-state index >= 15 is 0 Å². The SMILES string of the molecule is Cn1c(C(N)=O)nc2c1CCN(CCCCC(=O)O)C2. The predicted molar refractivity (Wildman–Crippen MR) is 72.2 cm³/mol. The first-order chi connectivity index (χ1) is 9.49. The van der Waals surface area contributed by atoms with Crippen molar-refractivity contribution in [2.75, 3.05) is 13.1 Å². The summed E-state index contributed by atoms with van der Waals surface area (Å²) in [6, 6.07) is 0. The van der Waals surface area contributed by atoms with Gasteiger partial charge in [0.05, 0.1) is 5.69 Å². The van der Waals surface area contributed by atoms with Crippen molar-refractivity contribution < 1.29 is 14.7 Å². The zero-order valence-electron chi connectivity index (χ0n) is 11.6. The van der Waals surface area contributed by atoms with Crippen molar-refractivity contribution in [1.29, 1.82) is 0 Å². The van der Waals surface area contributed by atoms with Gasteiger partial charge in [0.25, 0.3) is 5.91 Å². The van der Waals surface area contributed by atoms with E-state index in [0.717, 1.165) is 37.3 Å². The summed E-state index contributed by atoms with van der Waals surface area (Å²) in [4.78, 5) is 28.3. The lowest BCUT2D eigenvalue weighted by atomic mass is 10.1. The van der Waals surface area contributed by atoms with Crippen LogP contribution in [0.15, 0.2) is 0 Å². The molecule has 1 amide bonds. The molecule has 0 aliphatic carbocycles. The molecule has 2 rings (SSSR count). The van der Waals surface area contributed by atoms with Crippen molar-refractivity contribution in [2.45, 2.75) is 32.2 Å². The second-order valence-electron chi connectivity index (χ2n) is 5.13. The Morgan fingerprint density at radius 1 is 1.40 bits per heavy atom. The number of amides is 1. The van der Waals surface area contributed by atoms with E-state index in [9.17, 15) is 9.59 Å². The van der Waals surface area contributed by atoms with Crippen LogP contribution in [0, 0.1) is 0 Å². The maximum Gasteiger partial charge on any atom is 0.303 e. The topological polar surface area (TPSA) is 101 Å². The molecule has 0 bridgehead atoms. The number of nitrogens with two attached hydrogens (primary N) is 1. The van der Waals surface area contributed by atoms with Crippen LogP contribution in [0.25, 0.3) is 0 Å². The van der Waals surface area contributed by atoms with Crippen LogP contribution < -0.4 is 5.73 Å². The Bertz CT molecular complexity index is 524. The number of rotatable bonds is 6. The molecule has 0 radical (unpaired) electrons. The number of aliphatic carboxylic acids is 1. The summed E-state index contributed by atoms with van der Waals surface area (Å²) in [5.41, 5.74) is 7.27. The number of primary amides is 1. The lowest BCUT2D eigenvalue weighted by molar-refractivity contribution is -0.137. The number of unbranched alkanes of at least 4 members (excludes halogenated alkanes) is 1. The van der Waals surface area contributed by atoms with E-state index < -0.39 is 11.9 Å². The highest BCUT2D eigenvalue weighted by atomic mass is 16.4. The molecule has 7 heteroatoms. The number of fused-ring (bicyclic) bond motifs is 1. The molecule has 0 saturated heterocycles. The Hall–Kier alpha value is -1.89. The van der Waals surface area contributed by atoms with E-state index in [0.29, 0.717) is 18.8 Å². The van der Waals surface area contributed by atoms with Crippen molar-refractivity contribution in [1.82, 2.24) is 14.5 Å². The molecular weight excluding hydrogens is 260 g/mol. The number of carbonyl (C=O) groups is 2. The first-order valence-electron chi connectivity index (χ1n) is 6.77. The predicted octanol–water partition coefficient (Wildman–Crippen LogP) is 0.132. The molecule has 0 saturated carbocycles. The Kier molecular flexibility index (Phi) is 4.39. The Morgan fingerprint density at radius 2 is 2.15 bits per heavy atom. The minimum atomic E-state index is -0.748. The van der Waals surface area contributed by atoms with Gasteiger partial charge < -0.3 is 15.4 Å². The van der Waals surface area contributed by atoms with Gasteiger partial charge >= 0.3 is 5.97 Å². The summed E-state index contributed by atoms with van der Waals surface area (Å²) < 4.78 is 1.78. The Labute approximate surface area is 117 Å². The standard InChI is InChI=1S/C13H20N4O3/c1-16-10-5-7-17(6-3-2-4-11(18)19)8-9(10)15-13(16)12(14)20/h2-8H2,1H3,(H2,14,20)(H,18,19). The van der Waals surface area contributed by atoms with Crippen molar-refractivity contribution in [3.8, 4) is 0 Å². The highest BCUT2D eigenvalue weighted by molar-refractivity contribution is 5.89. The molecule has 20 heavy (non-hydrogen) atoms. The molecule has 0 spiro atoms. The molecule has 1 aliphatic heterocycles. The average Bonchev–Trinajstić information content (AvgIpc) is 2.72. The van der Waals surface area contributed by atoms with Crippen LogP contribution in [0.1, 0.15) is 41.3 Å². The van der Waals surface area contributed by atoms with E-state index in [1.165, 1.54) is 0 Å². The second-order valence-corrected chi connectivity index (χ2v) is 5.13. The number of aromatic nitrogens is 2. The summed E-state index contributed by atoms with van der Waals surface area (Å²) in [7, 11) is 1.81. The van der Waals surface area contributed by atoms with Gasteiger partial charge in [-0.1, -0.05) is 0 Å². The summed E-state index contributed by atoms with van der Waals surface area (Å²) in [5.74, 6) is -0.945. The molecule has 2 heterocycles. The number of nitrogens with zero attached hydrogens (tertiary/aromatic N) is 3. The number of hydrogen-bond donors (Lipinski definition) is 2. The van der Waals surface area contributed by atoms with E-state index in [-0.39, 0.29) is 6.42 Å². The van der Waals surface area contributed by atoms with Gasteiger partial charge in [0.2, 0.25) is 0 Å². The van der Waals surface area contributed by atoms with Crippen LogP contribution in [0.5, 0.6) is 0 Å². The van der Waals surface area contributed by atoms with Gasteiger partial charge in [-0.2, -0.15) is 0 Å². The summed E-state index contributed by atoms with van der Waals surface area (Å²) in [6.45, 7) is 2.45. The number of carboxylic acids is 1. The highest BCUT2D eigenvalue weighted by Gasteiger charge is 2.23. The molecule has 7 nitrogen and oxygen atoms in total. The fourth-order valence-electron chi connectivity index (χ4n) is 2.61. The lowest BCUT2D eigenvalue weighted by Crippen LogP contribution is -2.32. The van der Waals surface area contributed by atoms with E-state index in [4.69, 9.17) is 10.8 Å². The van der Waals surface area contributed by atoms with Gasteiger partial charge in [0.1, 0.15) is 0 Å². The van der Waals surface area contributed by atoms with E-state index in [1.807, 2.05) is 7.05 Å². The van der Waals surface area contributed by atoms with Crippen LogP contribution in [-0.4, -0.2) is 44.5 Å². The summed E-state index contributed by atoms with van der Waals surface area (Å²) >= 11 is 0. The van der Waals surface area contributed by atoms with E-state index in [2.05, 4.69) is 9.88 Å². The molecule has 0 unspecified atom stereocenters. The largest absolute Gasteiger partial charge is 0.481 e. The maximum atomic E-state index is 11.3. The first-order valence-corrected chi connectivity index (χ1v) is 6.77. The molecule has 3 N–H and O–H groups in total. The van der Waals surface area contributed by atoms with Gasteiger partial charge in [-0.25, -0.2) is 4.98 Å². The normalized spacial score (nSPS) is 15.1. The second kappa shape index (κ2) is 6.04.